The molecule has 0 bridgehead atoms. The fourth-order valence-corrected chi connectivity index (χ4v) is 2.43. The Hall–Kier alpha value is -1.75. The lowest BCUT2D eigenvalue weighted by atomic mass is 10.2. The molecule has 0 atom stereocenters. The molecule has 0 aliphatic heterocycles. The smallest absolute Gasteiger partial charge is 0.139 e. The number of hydrogen-bond acceptors (Lipinski definition) is 3. The van der Waals surface area contributed by atoms with Gasteiger partial charge in [0.15, 0.2) is 0 Å². The van der Waals surface area contributed by atoms with Crippen molar-refractivity contribution in [2.45, 2.75) is 26.9 Å². The van der Waals surface area contributed by atoms with Gasteiger partial charge in [-0.2, -0.15) is 0 Å². The number of benzene rings is 2. The molecule has 0 saturated heterocycles. The Morgan fingerprint density at radius 3 is 2.57 bits per heavy atom. The summed E-state index contributed by atoms with van der Waals surface area (Å²) in [4.78, 5) is 0. The van der Waals surface area contributed by atoms with Crippen LogP contribution < -0.4 is 15.8 Å². The van der Waals surface area contributed by atoms with Gasteiger partial charge in [0.05, 0.1) is 10.6 Å². The van der Waals surface area contributed by atoms with Gasteiger partial charge in [0.1, 0.15) is 11.6 Å². The predicted molar refractivity (Wildman–Crippen MR) is 88.7 cm³/mol. The van der Waals surface area contributed by atoms with E-state index in [1.54, 1.807) is 18.2 Å². The fraction of sp³-hybridized carbons (Fsp3) is 0.250. The lowest BCUT2D eigenvalue weighted by Crippen LogP contribution is -2.06. The predicted octanol–water partition coefficient (Wildman–Crippen LogP) is 5.01. The number of anilines is 3. The highest BCUT2D eigenvalue weighted by atomic mass is 79.9. The fourth-order valence-electron chi connectivity index (χ4n) is 1.97. The highest BCUT2D eigenvalue weighted by Gasteiger charge is 2.07. The summed E-state index contributed by atoms with van der Waals surface area (Å²) in [6, 6.07) is 8.57. The van der Waals surface area contributed by atoms with Crippen LogP contribution in [0.25, 0.3) is 0 Å². The first kappa shape index (κ1) is 15.6. The molecule has 5 heteroatoms. The number of ether oxygens (including phenoxy) is 1. The van der Waals surface area contributed by atoms with Crippen molar-refractivity contribution in [3.8, 4) is 5.75 Å². The van der Waals surface area contributed by atoms with Crippen LogP contribution in [0.4, 0.5) is 21.5 Å². The van der Waals surface area contributed by atoms with Crippen LogP contribution in [0.1, 0.15) is 19.4 Å². The summed E-state index contributed by atoms with van der Waals surface area (Å²) in [7, 11) is 0. The van der Waals surface area contributed by atoms with E-state index < -0.39 is 0 Å². The molecule has 0 saturated carbocycles. The third-order valence-corrected chi connectivity index (χ3v) is 3.45. The summed E-state index contributed by atoms with van der Waals surface area (Å²) < 4.78 is 19.7. The van der Waals surface area contributed by atoms with Gasteiger partial charge in [-0.05, 0) is 60.5 Å². The molecule has 21 heavy (non-hydrogen) atoms. The van der Waals surface area contributed by atoms with Gasteiger partial charge in [0, 0.05) is 29.2 Å². The number of rotatable bonds is 4. The second-order valence-corrected chi connectivity index (χ2v) is 6.02. The van der Waals surface area contributed by atoms with Gasteiger partial charge in [-0.25, -0.2) is 4.39 Å². The maximum Gasteiger partial charge on any atom is 0.139 e. The molecule has 0 radical (unpaired) electrons. The molecule has 0 aliphatic carbocycles. The molecule has 0 unspecified atom stereocenters. The largest absolute Gasteiger partial charge is 0.491 e. The lowest BCUT2D eigenvalue weighted by molar-refractivity contribution is 0.242. The summed E-state index contributed by atoms with van der Waals surface area (Å²) in [5, 5.41) is 3.17. The minimum Gasteiger partial charge on any atom is -0.491 e. The third kappa shape index (κ3) is 4.11. The van der Waals surface area contributed by atoms with Gasteiger partial charge >= 0.3 is 0 Å². The molecule has 0 fully saturated rings. The quantitative estimate of drug-likeness (QED) is 0.760. The van der Waals surface area contributed by atoms with Crippen LogP contribution in [0.15, 0.2) is 34.8 Å². The van der Waals surface area contributed by atoms with Crippen LogP contribution in [0.5, 0.6) is 5.75 Å². The van der Waals surface area contributed by atoms with Crippen molar-refractivity contribution >= 4 is 33.0 Å². The van der Waals surface area contributed by atoms with E-state index in [0.717, 1.165) is 11.3 Å². The first-order valence-electron chi connectivity index (χ1n) is 6.65. The van der Waals surface area contributed by atoms with Crippen LogP contribution in [0.2, 0.25) is 0 Å². The van der Waals surface area contributed by atoms with Crippen molar-refractivity contribution in [3.05, 3.63) is 46.2 Å². The third-order valence-electron chi connectivity index (χ3n) is 2.85. The highest BCUT2D eigenvalue weighted by molar-refractivity contribution is 9.10. The molecule has 0 amide bonds. The maximum atomic E-state index is 13.7. The van der Waals surface area contributed by atoms with Crippen molar-refractivity contribution in [2.24, 2.45) is 0 Å². The first-order valence-corrected chi connectivity index (χ1v) is 7.44. The average Bonchev–Trinajstić information content (AvgIpc) is 2.34. The van der Waals surface area contributed by atoms with E-state index >= 15 is 0 Å². The zero-order chi connectivity index (χ0) is 15.6. The topological polar surface area (TPSA) is 47.3 Å². The second-order valence-electron chi connectivity index (χ2n) is 5.16. The van der Waals surface area contributed by atoms with Crippen molar-refractivity contribution < 1.29 is 9.13 Å². The Bertz CT molecular complexity index is 659. The van der Waals surface area contributed by atoms with Crippen molar-refractivity contribution in [3.63, 3.8) is 0 Å². The molecule has 2 aromatic rings. The number of nitrogen functional groups attached to an aromatic ring is 1. The van der Waals surface area contributed by atoms with E-state index in [9.17, 15) is 4.39 Å². The molecule has 3 nitrogen and oxygen atoms in total. The SMILES string of the molecule is Cc1cc(Br)c(F)cc1Nc1cc(N)cc(OC(C)C)c1. The monoisotopic (exact) mass is 352 g/mol. The normalized spacial score (nSPS) is 10.8. The van der Waals surface area contributed by atoms with Crippen LogP contribution in [-0.4, -0.2) is 6.10 Å². The Labute approximate surface area is 132 Å². The summed E-state index contributed by atoms with van der Waals surface area (Å²) in [5.41, 5.74) is 8.85. The number of nitrogens with one attached hydrogen (secondary N) is 1. The van der Waals surface area contributed by atoms with Crippen LogP contribution in [-0.2, 0) is 0 Å². The van der Waals surface area contributed by atoms with Gasteiger partial charge in [0.2, 0.25) is 0 Å². The minimum absolute atomic E-state index is 0.0616. The van der Waals surface area contributed by atoms with Gasteiger partial charge < -0.3 is 15.8 Å². The molecule has 2 aromatic carbocycles. The van der Waals surface area contributed by atoms with Gasteiger partial charge in [-0.1, -0.05) is 0 Å². The lowest BCUT2D eigenvalue weighted by Gasteiger charge is -2.15. The van der Waals surface area contributed by atoms with Gasteiger partial charge in [0.25, 0.3) is 0 Å². The summed E-state index contributed by atoms with van der Waals surface area (Å²) in [6.45, 7) is 5.80. The molecule has 0 heterocycles. The maximum absolute atomic E-state index is 13.7. The standard InChI is InChI=1S/C16H18BrFN2O/c1-9(2)21-13-6-11(19)5-12(7-13)20-16-8-15(18)14(17)4-10(16)3/h4-9,20H,19H2,1-3H3. The molecular weight excluding hydrogens is 335 g/mol. The highest BCUT2D eigenvalue weighted by Crippen LogP contribution is 2.30. The second kappa shape index (κ2) is 6.35. The zero-order valence-electron chi connectivity index (χ0n) is 12.2. The molecule has 0 spiro atoms. The van der Waals surface area contributed by atoms with Crippen molar-refractivity contribution in [1.29, 1.82) is 0 Å². The molecule has 0 aromatic heterocycles. The van der Waals surface area contributed by atoms with Gasteiger partial charge in [-0.3, -0.25) is 0 Å². The van der Waals surface area contributed by atoms with E-state index in [-0.39, 0.29) is 11.9 Å². The number of halogens is 2. The summed E-state index contributed by atoms with van der Waals surface area (Å²) >= 11 is 3.17. The number of aryl methyl sites for hydroxylation is 1. The van der Waals surface area contributed by atoms with Crippen molar-refractivity contribution in [2.75, 3.05) is 11.1 Å². The van der Waals surface area contributed by atoms with Crippen LogP contribution in [0, 0.1) is 12.7 Å². The minimum atomic E-state index is -0.314. The van der Waals surface area contributed by atoms with Crippen molar-refractivity contribution in [1.82, 2.24) is 0 Å². The number of hydrogen-bond donors (Lipinski definition) is 2. The molecule has 0 aliphatic rings. The number of nitrogens with two attached hydrogens (primary N) is 1. The van der Waals surface area contributed by atoms with Crippen LogP contribution in [0.3, 0.4) is 0 Å². The van der Waals surface area contributed by atoms with E-state index in [0.29, 0.717) is 21.6 Å². The van der Waals surface area contributed by atoms with E-state index in [1.807, 2.05) is 26.8 Å². The summed E-state index contributed by atoms with van der Waals surface area (Å²) in [5.74, 6) is 0.369. The average molecular weight is 353 g/mol. The Morgan fingerprint density at radius 2 is 1.90 bits per heavy atom. The van der Waals surface area contributed by atoms with Gasteiger partial charge in [-0.15, -0.1) is 0 Å². The Morgan fingerprint density at radius 1 is 1.19 bits per heavy atom. The van der Waals surface area contributed by atoms with E-state index in [4.69, 9.17) is 10.5 Å². The molecule has 112 valence electrons. The van der Waals surface area contributed by atoms with E-state index in [1.165, 1.54) is 6.07 Å². The molecular formula is C16H18BrFN2O. The van der Waals surface area contributed by atoms with E-state index in [2.05, 4.69) is 21.2 Å². The zero-order valence-corrected chi connectivity index (χ0v) is 13.8. The molecule has 2 rings (SSSR count). The molecule has 3 N–H and O–H groups in total. The summed E-state index contributed by atoms with van der Waals surface area (Å²) in [6.07, 6.45) is 0.0616. The van der Waals surface area contributed by atoms with Crippen LogP contribution >= 0.6 is 15.9 Å². The Balaban J connectivity index is 2.31. The first-order chi connectivity index (χ1) is 9.85. The Kier molecular flexibility index (Phi) is 4.73.